The first-order chi connectivity index (χ1) is 9.31. The van der Waals surface area contributed by atoms with E-state index in [2.05, 4.69) is 13.8 Å². The summed E-state index contributed by atoms with van der Waals surface area (Å²) < 4.78 is 17.1. The molecule has 3 heteroatoms. The summed E-state index contributed by atoms with van der Waals surface area (Å²) in [6.07, 6.45) is 11.3. The Kier molecular flexibility index (Phi) is 6.62. The predicted molar refractivity (Wildman–Crippen MR) is 76.4 cm³/mol. The first-order valence-corrected chi connectivity index (χ1v) is 8.20. The van der Waals surface area contributed by atoms with E-state index in [9.17, 15) is 0 Å². The van der Waals surface area contributed by atoms with E-state index >= 15 is 0 Å². The summed E-state index contributed by atoms with van der Waals surface area (Å²) in [7, 11) is 0. The quantitative estimate of drug-likeness (QED) is 0.507. The van der Waals surface area contributed by atoms with Crippen LogP contribution in [0.1, 0.15) is 65.2 Å². The zero-order chi connectivity index (χ0) is 13.5. The summed E-state index contributed by atoms with van der Waals surface area (Å²) in [6.45, 7) is 6.38. The number of rotatable bonds is 12. The lowest BCUT2D eigenvalue weighted by atomic mass is 10.0. The molecule has 0 amide bonds. The first-order valence-electron chi connectivity index (χ1n) is 8.20. The second kappa shape index (κ2) is 8.23. The molecule has 0 radical (unpaired) electrons. The van der Waals surface area contributed by atoms with Crippen molar-refractivity contribution in [2.75, 3.05) is 13.2 Å². The molecular weight excluding hydrogens is 240 g/mol. The molecule has 19 heavy (non-hydrogen) atoms. The Balaban J connectivity index is 1.74. The van der Waals surface area contributed by atoms with Gasteiger partial charge < -0.3 is 14.2 Å². The van der Waals surface area contributed by atoms with E-state index in [1.807, 2.05) is 0 Å². The van der Waals surface area contributed by atoms with Gasteiger partial charge in [-0.05, 0) is 12.8 Å². The van der Waals surface area contributed by atoms with Crippen molar-refractivity contribution in [2.24, 2.45) is 0 Å². The van der Waals surface area contributed by atoms with Crippen molar-refractivity contribution in [2.45, 2.75) is 89.6 Å². The summed E-state index contributed by atoms with van der Waals surface area (Å²) in [5.74, 6) is 0. The summed E-state index contributed by atoms with van der Waals surface area (Å²) in [6, 6.07) is 0. The highest BCUT2D eigenvalue weighted by Crippen LogP contribution is 2.26. The van der Waals surface area contributed by atoms with E-state index in [0.29, 0.717) is 24.4 Å². The van der Waals surface area contributed by atoms with E-state index in [0.717, 1.165) is 26.1 Å². The third-order valence-corrected chi connectivity index (χ3v) is 4.00. The molecule has 2 rings (SSSR count). The average Bonchev–Trinajstić information content (AvgIpc) is 3.28. The van der Waals surface area contributed by atoms with Gasteiger partial charge in [-0.3, -0.25) is 0 Å². The van der Waals surface area contributed by atoms with Crippen molar-refractivity contribution in [1.82, 2.24) is 0 Å². The standard InChI is InChI=1S/C16H30O3/c1-3-5-7-13(9-15-11-17-15)19-14(8-6-4-2)10-16-12-18-16/h13-16H,3-12H2,1-2H3. The Bertz CT molecular complexity index is 212. The Hall–Kier alpha value is -0.120. The molecule has 112 valence electrons. The number of epoxide rings is 2. The molecule has 0 aromatic rings. The molecule has 2 fully saturated rings. The third kappa shape index (κ3) is 6.73. The summed E-state index contributed by atoms with van der Waals surface area (Å²) in [5.41, 5.74) is 0. The van der Waals surface area contributed by atoms with Crippen LogP contribution in [0.15, 0.2) is 0 Å². The lowest BCUT2D eigenvalue weighted by molar-refractivity contribution is -0.0355. The number of hydrogen-bond acceptors (Lipinski definition) is 3. The molecule has 3 nitrogen and oxygen atoms in total. The molecule has 2 aliphatic rings. The van der Waals surface area contributed by atoms with Crippen LogP contribution in [-0.4, -0.2) is 37.6 Å². The van der Waals surface area contributed by atoms with Crippen LogP contribution < -0.4 is 0 Å². The van der Waals surface area contributed by atoms with Gasteiger partial charge in [0.05, 0.1) is 37.6 Å². The van der Waals surface area contributed by atoms with Crippen LogP contribution in [0.25, 0.3) is 0 Å². The van der Waals surface area contributed by atoms with E-state index < -0.39 is 0 Å². The summed E-state index contributed by atoms with van der Waals surface area (Å²) in [4.78, 5) is 0. The largest absolute Gasteiger partial charge is 0.375 e. The van der Waals surface area contributed by atoms with Gasteiger partial charge in [-0.2, -0.15) is 0 Å². The smallest absolute Gasteiger partial charge is 0.0834 e. The third-order valence-electron chi connectivity index (χ3n) is 4.00. The van der Waals surface area contributed by atoms with Crippen LogP contribution >= 0.6 is 0 Å². The molecule has 0 spiro atoms. The monoisotopic (exact) mass is 270 g/mol. The zero-order valence-electron chi connectivity index (χ0n) is 12.6. The van der Waals surface area contributed by atoms with E-state index in [4.69, 9.17) is 14.2 Å². The molecule has 2 aliphatic heterocycles. The van der Waals surface area contributed by atoms with Gasteiger partial charge in [0.25, 0.3) is 0 Å². The molecule has 0 aromatic heterocycles. The van der Waals surface area contributed by atoms with Crippen LogP contribution in [0, 0.1) is 0 Å². The highest BCUT2D eigenvalue weighted by atomic mass is 16.6. The van der Waals surface area contributed by atoms with E-state index in [1.54, 1.807) is 0 Å². The van der Waals surface area contributed by atoms with Gasteiger partial charge in [0.1, 0.15) is 0 Å². The molecule has 0 N–H and O–H groups in total. The lowest BCUT2D eigenvalue weighted by Crippen LogP contribution is -2.25. The Morgan fingerprint density at radius 3 is 1.63 bits per heavy atom. The summed E-state index contributed by atoms with van der Waals surface area (Å²) in [5, 5.41) is 0. The second-order valence-corrected chi connectivity index (χ2v) is 6.05. The fourth-order valence-corrected chi connectivity index (χ4v) is 2.61. The van der Waals surface area contributed by atoms with E-state index in [-0.39, 0.29) is 0 Å². The number of ether oxygens (including phenoxy) is 3. The molecule has 0 aromatic carbocycles. The van der Waals surface area contributed by atoms with Crippen molar-refractivity contribution in [3.63, 3.8) is 0 Å². The predicted octanol–water partition coefficient (Wildman–Crippen LogP) is 3.70. The van der Waals surface area contributed by atoms with Crippen molar-refractivity contribution in [1.29, 1.82) is 0 Å². The van der Waals surface area contributed by atoms with Crippen LogP contribution in [-0.2, 0) is 14.2 Å². The van der Waals surface area contributed by atoms with Gasteiger partial charge in [-0.1, -0.05) is 39.5 Å². The number of unbranched alkanes of at least 4 members (excludes halogenated alkanes) is 2. The van der Waals surface area contributed by atoms with Gasteiger partial charge in [0.15, 0.2) is 0 Å². The zero-order valence-corrected chi connectivity index (χ0v) is 12.6. The SMILES string of the molecule is CCCCC(CC1CO1)OC(CCCC)CC1CO1. The van der Waals surface area contributed by atoms with Gasteiger partial charge in [-0.15, -0.1) is 0 Å². The Labute approximate surface area is 118 Å². The van der Waals surface area contributed by atoms with Crippen LogP contribution in [0.2, 0.25) is 0 Å². The van der Waals surface area contributed by atoms with Gasteiger partial charge in [0, 0.05) is 12.8 Å². The van der Waals surface area contributed by atoms with Crippen LogP contribution in [0.3, 0.4) is 0 Å². The van der Waals surface area contributed by atoms with Gasteiger partial charge in [0.2, 0.25) is 0 Å². The highest BCUT2D eigenvalue weighted by molar-refractivity contribution is 4.79. The molecule has 4 unspecified atom stereocenters. The van der Waals surface area contributed by atoms with Crippen molar-refractivity contribution in [3.05, 3.63) is 0 Å². The maximum absolute atomic E-state index is 6.40. The maximum atomic E-state index is 6.40. The van der Waals surface area contributed by atoms with Gasteiger partial charge in [-0.25, -0.2) is 0 Å². The van der Waals surface area contributed by atoms with Crippen LogP contribution in [0.5, 0.6) is 0 Å². The minimum absolute atomic E-state index is 0.396. The molecule has 0 bridgehead atoms. The van der Waals surface area contributed by atoms with Crippen LogP contribution in [0.4, 0.5) is 0 Å². The van der Waals surface area contributed by atoms with Crippen molar-refractivity contribution in [3.8, 4) is 0 Å². The Morgan fingerprint density at radius 2 is 1.32 bits per heavy atom. The molecule has 0 saturated carbocycles. The summed E-state index contributed by atoms with van der Waals surface area (Å²) >= 11 is 0. The van der Waals surface area contributed by atoms with Crippen molar-refractivity contribution >= 4 is 0 Å². The minimum Gasteiger partial charge on any atom is -0.375 e. The van der Waals surface area contributed by atoms with Crippen molar-refractivity contribution < 1.29 is 14.2 Å². The molecular formula is C16H30O3. The molecule has 4 atom stereocenters. The van der Waals surface area contributed by atoms with E-state index in [1.165, 1.54) is 38.5 Å². The topological polar surface area (TPSA) is 34.3 Å². The highest BCUT2D eigenvalue weighted by Gasteiger charge is 2.31. The normalized spacial score (nSPS) is 28.1. The lowest BCUT2D eigenvalue weighted by Gasteiger charge is -2.24. The molecule has 2 heterocycles. The Morgan fingerprint density at radius 1 is 0.895 bits per heavy atom. The minimum atomic E-state index is 0.396. The maximum Gasteiger partial charge on any atom is 0.0834 e. The molecule has 2 saturated heterocycles. The second-order valence-electron chi connectivity index (χ2n) is 6.05. The fourth-order valence-electron chi connectivity index (χ4n) is 2.61. The fraction of sp³-hybridized carbons (Fsp3) is 1.00. The average molecular weight is 270 g/mol. The number of hydrogen-bond donors (Lipinski definition) is 0. The first kappa shape index (κ1) is 15.3. The molecule has 0 aliphatic carbocycles. The van der Waals surface area contributed by atoms with Gasteiger partial charge >= 0.3 is 0 Å².